The van der Waals surface area contributed by atoms with E-state index in [1.807, 2.05) is 0 Å². The number of Topliss-reactive ketones (excluding diaryl/α,β-unsaturated/α-hetero) is 1. The first-order chi connectivity index (χ1) is 10.1. The van der Waals surface area contributed by atoms with Crippen molar-refractivity contribution in [3.05, 3.63) is 48.5 Å². The van der Waals surface area contributed by atoms with Crippen molar-refractivity contribution in [2.24, 2.45) is 0 Å². The molecule has 1 heterocycles. The molecular formula is C15H17BrN2O4. The van der Waals surface area contributed by atoms with E-state index in [9.17, 15) is 9.59 Å². The highest BCUT2D eigenvalue weighted by atomic mass is 79.9. The van der Waals surface area contributed by atoms with Gasteiger partial charge in [0.25, 0.3) is 0 Å². The van der Waals surface area contributed by atoms with Crippen molar-refractivity contribution in [3.63, 3.8) is 0 Å². The third-order valence-electron chi connectivity index (χ3n) is 3.00. The fraction of sp³-hybridized carbons (Fsp3) is 0.267. The van der Waals surface area contributed by atoms with E-state index in [4.69, 9.17) is 4.74 Å². The van der Waals surface area contributed by atoms with Crippen molar-refractivity contribution in [1.29, 1.82) is 0 Å². The van der Waals surface area contributed by atoms with Crippen LogP contribution in [0.25, 0.3) is 0 Å². The van der Waals surface area contributed by atoms with E-state index >= 15 is 0 Å². The molecule has 6 nitrogen and oxygen atoms in total. The summed E-state index contributed by atoms with van der Waals surface area (Å²) in [5.74, 6) is 0.278. The average Bonchev–Trinajstić information content (AvgIpc) is 2.94. The predicted octanol–water partition coefficient (Wildman–Crippen LogP) is -2.16. The topological polar surface area (TPSA) is 61.4 Å². The second kappa shape index (κ2) is 8.33. The largest absolute Gasteiger partial charge is 1.00 e. The molecule has 1 aromatic heterocycles. The van der Waals surface area contributed by atoms with E-state index in [0.717, 1.165) is 0 Å². The summed E-state index contributed by atoms with van der Waals surface area (Å²) in [4.78, 5) is 23.4. The van der Waals surface area contributed by atoms with Gasteiger partial charge in [-0.3, -0.25) is 4.79 Å². The van der Waals surface area contributed by atoms with Crippen LogP contribution in [0.1, 0.15) is 10.4 Å². The molecule has 0 bridgehead atoms. The summed E-state index contributed by atoms with van der Waals surface area (Å²) in [6.07, 6.45) is 5.14. The Kier molecular flexibility index (Phi) is 6.78. The Hall–Kier alpha value is -2.15. The number of imidazole rings is 1. The van der Waals surface area contributed by atoms with Crippen molar-refractivity contribution in [2.75, 3.05) is 14.2 Å². The van der Waals surface area contributed by atoms with E-state index in [2.05, 4.69) is 4.74 Å². The van der Waals surface area contributed by atoms with Crippen molar-refractivity contribution < 1.29 is 40.6 Å². The Bertz CT molecular complexity index is 654. The van der Waals surface area contributed by atoms with Crippen LogP contribution in [0.15, 0.2) is 43.0 Å². The first-order valence-corrected chi connectivity index (χ1v) is 6.41. The van der Waals surface area contributed by atoms with Gasteiger partial charge < -0.3 is 26.5 Å². The molecule has 2 rings (SSSR count). The highest BCUT2D eigenvalue weighted by Crippen LogP contribution is 2.12. The summed E-state index contributed by atoms with van der Waals surface area (Å²) in [5.41, 5.74) is 0.586. The Labute approximate surface area is 139 Å². The average molecular weight is 369 g/mol. The lowest BCUT2D eigenvalue weighted by atomic mass is 10.1. The fourth-order valence-corrected chi connectivity index (χ4v) is 1.89. The van der Waals surface area contributed by atoms with Gasteiger partial charge in [0, 0.05) is 5.56 Å². The van der Waals surface area contributed by atoms with Crippen LogP contribution in [0.4, 0.5) is 0 Å². The van der Waals surface area contributed by atoms with Crippen LogP contribution in [-0.4, -0.2) is 30.5 Å². The lowest BCUT2D eigenvalue weighted by molar-refractivity contribution is -0.682. The number of methoxy groups -OCH3 is 2. The van der Waals surface area contributed by atoms with Gasteiger partial charge in [-0.05, 0) is 12.1 Å². The number of halogens is 1. The molecule has 0 spiro atoms. The summed E-state index contributed by atoms with van der Waals surface area (Å²) >= 11 is 0. The van der Waals surface area contributed by atoms with Crippen molar-refractivity contribution >= 4 is 11.8 Å². The van der Waals surface area contributed by atoms with Gasteiger partial charge in [-0.2, -0.15) is 0 Å². The second-order valence-electron chi connectivity index (χ2n) is 4.49. The number of hydrogen-bond acceptors (Lipinski definition) is 4. The summed E-state index contributed by atoms with van der Waals surface area (Å²) in [7, 11) is 2.90. The number of nitrogens with zero attached hydrogens (tertiary/aromatic N) is 2. The number of benzene rings is 1. The first-order valence-electron chi connectivity index (χ1n) is 6.41. The number of aromatic nitrogens is 2. The maximum absolute atomic E-state index is 12.2. The summed E-state index contributed by atoms with van der Waals surface area (Å²) in [6, 6.07) is 7.01. The quantitative estimate of drug-likeness (QED) is 0.331. The van der Waals surface area contributed by atoms with Gasteiger partial charge in [0.05, 0.1) is 14.2 Å². The van der Waals surface area contributed by atoms with E-state index in [-0.39, 0.29) is 41.8 Å². The van der Waals surface area contributed by atoms with Gasteiger partial charge in [0.15, 0.2) is 13.1 Å². The predicted molar refractivity (Wildman–Crippen MR) is 74.0 cm³/mol. The number of ketones is 1. The highest BCUT2D eigenvalue weighted by Gasteiger charge is 2.13. The van der Waals surface area contributed by atoms with E-state index < -0.39 is 0 Å². The number of carbonyl (C=O) groups excluding carboxylic acids is 2. The highest BCUT2D eigenvalue weighted by molar-refractivity contribution is 5.95. The Morgan fingerprint density at radius 3 is 2.73 bits per heavy atom. The van der Waals surface area contributed by atoms with Crippen LogP contribution >= 0.6 is 0 Å². The zero-order chi connectivity index (χ0) is 15.2. The Morgan fingerprint density at radius 1 is 1.27 bits per heavy atom. The molecule has 0 fully saturated rings. The van der Waals surface area contributed by atoms with Crippen LogP contribution in [0.2, 0.25) is 0 Å². The minimum Gasteiger partial charge on any atom is -1.00 e. The summed E-state index contributed by atoms with van der Waals surface area (Å²) in [6.45, 7) is 0.318. The van der Waals surface area contributed by atoms with Crippen LogP contribution in [0.3, 0.4) is 0 Å². The molecular weight excluding hydrogens is 352 g/mol. The number of esters is 1. The maximum atomic E-state index is 12.2. The molecule has 1 aromatic carbocycles. The summed E-state index contributed by atoms with van der Waals surface area (Å²) < 4.78 is 13.1. The van der Waals surface area contributed by atoms with E-state index in [0.29, 0.717) is 11.3 Å². The first kappa shape index (κ1) is 17.9. The molecule has 0 radical (unpaired) electrons. The lowest BCUT2D eigenvalue weighted by Gasteiger charge is -2.02. The molecule has 22 heavy (non-hydrogen) atoms. The van der Waals surface area contributed by atoms with Gasteiger partial charge in [0.2, 0.25) is 12.1 Å². The molecule has 2 aromatic rings. The van der Waals surface area contributed by atoms with Gasteiger partial charge in [-0.1, -0.05) is 12.1 Å². The number of ether oxygens (including phenoxy) is 2. The lowest BCUT2D eigenvalue weighted by Crippen LogP contribution is -3.00. The van der Waals surface area contributed by atoms with Crippen LogP contribution < -0.4 is 26.3 Å². The van der Waals surface area contributed by atoms with Crippen molar-refractivity contribution in [1.82, 2.24) is 4.57 Å². The van der Waals surface area contributed by atoms with E-state index in [1.165, 1.54) is 7.11 Å². The van der Waals surface area contributed by atoms with Crippen LogP contribution in [-0.2, 0) is 22.6 Å². The zero-order valence-corrected chi connectivity index (χ0v) is 13.9. The molecule has 0 amide bonds. The maximum Gasteiger partial charge on any atom is 0.348 e. The Morgan fingerprint density at radius 2 is 2.05 bits per heavy atom. The molecule has 0 aliphatic heterocycles. The van der Waals surface area contributed by atoms with Gasteiger partial charge in [-0.15, -0.1) is 0 Å². The minimum absolute atomic E-state index is 0. The Balaban J connectivity index is 0.00000242. The SMILES string of the molecule is COC(=O)Cn1cc[n+](CC(=O)c2cccc(OC)c2)c1.[Br-]. The monoisotopic (exact) mass is 368 g/mol. The molecule has 0 aliphatic rings. The number of carbonyl (C=O) groups is 2. The standard InChI is InChI=1S/C15H17N2O4.BrH/c1-20-13-5-3-4-12(8-13)14(18)9-16-6-7-17(11-16)10-15(19)21-2;/h3-8,11H,9-10H2,1-2H3;1H/q+1;/p-1. The molecule has 0 atom stereocenters. The molecule has 0 N–H and O–H groups in total. The molecule has 0 aliphatic carbocycles. The van der Waals surface area contributed by atoms with Gasteiger partial charge >= 0.3 is 5.97 Å². The fourth-order valence-electron chi connectivity index (χ4n) is 1.89. The molecule has 0 saturated carbocycles. The second-order valence-corrected chi connectivity index (χ2v) is 4.49. The van der Waals surface area contributed by atoms with Crippen molar-refractivity contribution in [3.8, 4) is 5.75 Å². The molecule has 0 saturated heterocycles. The van der Waals surface area contributed by atoms with Gasteiger partial charge in [0.1, 0.15) is 18.1 Å². The smallest absolute Gasteiger partial charge is 0.348 e. The minimum atomic E-state index is -0.336. The number of rotatable bonds is 6. The zero-order valence-electron chi connectivity index (χ0n) is 12.4. The third-order valence-corrected chi connectivity index (χ3v) is 3.00. The van der Waals surface area contributed by atoms with Crippen LogP contribution in [0.5, 0.6) is 5.75 Å². The van der Waals surface area contributed by atoms with E-state index in [1.54, 1.807) is 59.2 Å². The van der Waals surface area contributed by atoms with Gasteiger partial charge in [-0.25, -0.2) is 13.9 Å². The number of hydrogen-bond donors (Lipinski definition) is 0. The summed E-state index contributed by atoms with van der Waals surface area (Å²) in [5, 5.41) is 0. The molecule has 118 valence electrons. The third kappa shape index (κ3) is 4.70. The van der Waals surface area contributed by atoms with Crippen molar-refractivity contribution in [2.45, 2.75) is 13.1 Å². The molecule has 7 heteroatoms. The molecule has 0 unspecified atom stereocenters. The van der Waals surface area contributed by atoms with Crippen LogP contribution in [0, 0.1) is 0 Å². The normalized spacial score (nSPS) is 9.73.